The molecule has 0 saturated heterocycles. The number of rotatable bonds is 6. The lowest BCUT2D eigenvalue weighted by atomic mass is 10.1. The van der Waals surface area contributed by atoms with E-state index in [0.29, 0.717) is 13.0 Å². The van der Waals surface area contributed by atoms with Crippen molar-refractivity contribution in [2.75, 3.05) is 27.9 Å². The Labute approximate surface area is 110 Å². The van der Waals surface area contributed by atoms with Gasteiger partial charge < -0.3 is 19.9 Å². The van der Waals surface area contributed by atoms with Crippen molar-refractivity contribution < 1.29 is 14.2 Å². The highest BCUT2D eigenvalue weighted by Gasteiger charge is 2.12. The molecule has 0 heterocycles. The number of hydrogen-bond acceptors (Lipinski definition) is 4. The summed E-state index contributed by atoms with van der Waals surface area (Å²) in [5.41, 5.74) is 6.95. The molecule has 2 N–H and O–H groups in total. The van der Waals surface area contributed by atoms with Crippen LogP contribution in [-0.4, -0.2) is 34.0 Å². The zero-order valence-corrected chi connectivity index (χ0v) is 11.9. The van der Waals surface area contributed by atoms with Crippen molar-refractivity contribution in [3.63, 3.8) is 0 Å². The molecule has 0 fully saturated rings. The minimum Gasteiger partial charge on any atom is -0.496 e. The second-order valence-electron chi connectivity index (χ2n) is 3.72. The van der Waals surface area contributed by atoms with Gasteiger partial charge in [0.15, 0.2) is 0 Å². The van der Waals surface area contributed by atoms with Crippen LogP contribution in [0.2, 0.25) is 0 Å². The average Bonchev–Trinajstić information content (AvgIpc) is 2.31. The summed E-state index contributed by atoms with van der Waals surface area (Å²) in [4.78, 5) is 0. The van der Waals surface area contributed by atoms with Crippen molar-refractivity contribution in [2.45, 2.75) is 12.5 Å². The van der Waals surface area contributed by atoms with Crippen LogP contribution in [0.25, 0.3) is 0 Å². The van der Waals surface area contributed by atoms with E-state index in [-0.39, 0.29) is 6.04 Å². The molecule has 1 aromatic carbocycles. The fraction of sp³-hybridized carbons (Fsp3) is 0.500. The summed E-state index contributed by atoms with van der Waals surface area (Å²) in [6.07, 6.45) is 0.681. The molecular weight excluding hydrogens is 286 g/mol. The summed E-state index contributed by atoms with van der Waals surface area (Å²) >= 11 is 3.42. The smallest absolute Gasteiger partial charge is 0.133 e. The summed E-state index contributed by atoms with van der Waals surface area (Å²) in [6, 6.07) is 3.76. The zero-order chi connectivity index (χ0) is 12.8. The van der Waals surface area contributed by atoms with E-state index in [4.69, 9.17) is 19.9 Å². The lowest BCUT2D eigenvalue weighted by molar-refractivity contribution is 0.179. The molecule has 0 spiro atoms. The van der Waals surface area contributed by atoms with Gasteiger partial charge in [0.05, 0.1) is 25.3 Å². The Hall–Kier alpha value is -0.780. The highest BCUT2D eigenvalue weighted by Crippen LogP contribution is 2.33. The quantitative estimate of drug-likeness (QED) is 0.873. The molecule has 1 unspecified atom stereocenters. The molecular formula is C12H18BrNO3. The fourth-order valence-electron chi connectivity index (χ4n) is 1.64. The molecule has 4 nitrogen and oxygen atoms in total. The number of hydrogen-bond donors (Lipinski definition) is 1. The van der Waals surface area contributed by atoms with E-state index in [0.717, 1.165) is 21.5 Å². The predicted octanol–water partition coefficient (Wildman–Crippen LogP) is 1.98. The van der Waals surface area contributed by atoms with Crippen molar-refractivity contribution in [2.24, 2.45) is 5.73 Å². The van der Waals surface area contributed by atoms with Crippen LogP contribution < -0.4 is 15.2 Å². The number of benzene rings is 1. The average molecular weight is 304 g/mol. The summed E-state index contributed by atoms with van der Waals surface area (Å²) in [7, 11) is 4.91. The van der Waals surface area contributed by atoms with Crippen LogP contribution >= 0.6 is 15.9 Å². The lowest BCUT2D eigenvalue weighted by Crippen LogP contribution is -2.28. The van der Waals surface area contributed by atoms with Crippen molar-refractivity contribution in [3.8, 4) is 11.5 Å². The Balaban J connectivity index is 2.95. The molecule has 1 rings (SSSR count). The third kappa shape index (κ3) is 3.87. The van der Waals surface area contributed by atoms with Gasteiger partial charge in [-0.3, -0.25) is 0 Å². The van der Waals surface area contributed by atoms with Crippen molar-refractivity contribution in [1.82, 2.24) is 0 Å². The van der Waals surface area contributed by atoms with E-state index in [1.54, 1.807) is 21.3 Å². The van der Waals surface area contributed by atoms with Crippen LogP contribution in [0.5, 0.6) is 11.5 Å². The Morgan fingerprint density at radius 2 is 1.82 bits per heavy atom. The summed E-state index contributed by atoms with van der Waals surface area (Å²) in [5.74, 6) is 1.56. The van der Waals surface area contributed by atoms with E-state index in [2.05, 4.69) is 15.9 Å². The van der Waals surface area contributed by atoms with Gasteiger partial charge in [-0.05, 0) is 40.0 Å². The molecule has 0 aromatic heterocycles. The zero-order valence-electron chi connectivity index (χ0n) is 10.3. The molecule has 1 aromatic rings. The maximum atomic E-state index is 5.94. The van der Waals surface area contributed by atoms with Gasteiger partial charge in [-0.25, -0.2) is 0 Å². The molecule has 5 heteroatoms. The van der Waals surface area contributed by atoms with Gasteiger partial charge in [0.1, 0.15) is 11.5 Å². The molecule has 0 aliphatic heterocycles. The first-order valence-electron chi connectivity index (χ1n) is 5.27. The second-order valence-corrected chi connectivity index (χ2v) is 4.57. The largest absolute Gasteiger partial charge is 0.496 e. The molecule has 0 radical (unpaired) electrons. The molecule has 17 heavy (non-hydrogen) atoms. The number of methoxy groups -OCH3 is 3. The van der Waals surface area contributed by atoms with Crippen LogP contribution in [0.1, 0.15) is 5.56 Å². The third-order valence-corrected chi connectivity index (χ3v) is 3.04. The number of halogens is 1. The Kier molecular flexibility index (Phi) is 5.74. The minimum absolute atomic E-state index is 0.0558. The predicted molar refractivity (Wildman–Crippen MR) is 70.8 cm³/mol. The third-order valence-electron chi connectivity index (χ3n) is 2.42. The molecule has 96 valence electrons. The Bertz CT molecular complexity index is 371. The van der Waals surface area contributed by atoms with Crippen LogP contribution in [-0.2, 0) is 11.2 Å². The number of nitrogens with two attached hydrogens (primary N) is 1. The van der Waals surface area contributed by atoms with Gasteiger partial charge in [-0.15, -0.1) is 0 Å². The number of ether oxygens (including phenoxy) is 3. The highest BCUT2D eigenvalue weighted by atomic mass is 79.9. The second kappa shape index (κ2) is 6.83. The minimum atomic E-state index is -0.0558. The van der Waals surface area contributed by atoms with Gasteiger partial charge in [-0.2, -0.15) is 0 Å². The van der Waals surface area contributed by atoms with Gasteiger partial charge in [0.2, 0.25) is 0 Å². The molecule has 0 aliphatic rings. The van der Waals surface area contributed by atoms with E-state index in [1.165, 1.54) is 0 Å². The summed E-state index contributed by atoms with van der Waals surface area (Å²) in [6.45, 7) is 0.515. The van der Waals surface area contributed by atoms with Crippen molar-refractivity contribution in [3.05, 3.63) is 22.2 Å². The lowest BCUT2D eigenvalue weighted by Gasteiger charge is -2.15. The van der Waals surface area contributed by atoms with Crippen molar-refractivity contribution >= 4 is 15.9 Å². The van der Waals surface area contributed by atoms with E-state index in [1.807, 2.05) is 12.1 Å². The molecule has 0 amide bonds. The van der Waals surface area contributed by atoms with Crippen LogP contribution in [0.15, 0.2) is 16.6 Å². The van der Waals surface area contributed by atoms with E-state index in [9.17, 15) is 0 Å². The first kappa shape index (κ1) is 14.3. The summed E-state index contributed by atoms with van der Waals surface area (Å²) in [5, 5.41) is 0. The molecule has 1 atom stereocenters. The SMILES string of the molecule is COCC(N)Cc1cc(OC)c(Br)cc1OC. The van der Waals surface area contributed by atoms with Crippen LogP contribution in [0.3, 0.4) is 0 Å². The Morgan fingerprint density at radius 1 is 1.18 bits per heavy atom. The maximum Gasteiger partial charge on any atom is 0.133 e. The first-order chi connectivity index (χ1) is 8.12. The van der Waals surface area contributed by atoms with E-state index >= 15 is 0 Å². The topological polar surface area (TPSA) is 53.7 Å². The van der Waals surface area contributed by atoms with Crippen LogP contribution in [0.4, 0.5) is 0 Å². The fourth-order valence-corrected chi connectivity index (χ4v) is 2.12. The van der Waals surface area contributed by atoms with Crippen molar-refractivity contribution in [1.29, 1.82) is 0 Å². The van der Waals surface area contributed by atoms with E-state index < -0.39 is 0 Å². The van der Waals surface area contributed by atoms with Gasteiger partial charge in [0, 0.05) is 13.2 Å². The van der Waals surface area contributed by atoms with Gasteiger partial charge in [-0.1, -0.05) is 0 Å². The molecule has 0 saturated carbocycles. The van der Waals surface area contributed by atoms with Gasteiger partial charge in [0.25, 0.3) is 0 Å². The standard InChI is InChI=1S/C12H18BrNO3/c1-15-7-9(14)4-8-5-12(17-3)10(13)6-11(8)16-2/h5-6,9H,4,7,14H2,1-3H3. The Morgan fingerprint density at radius 3 is 2.35 bits per heavy atom. The first-order valence-corrected chi connectivity index (χ1v) is 6.06. The molecule has 0 aliphatic carbocycles. The summed E-state index contributed by atoms with van der Waals surface area (Å²) < 4.78 is 16.5. The highest BCUT2D eigenvalue weighted by molar-refractivity contribution is 9.10. The monoisotopic (exact) mass is 303 g/mol. The molecule has 0 bridgehead atoms. The van der Waals surface area contributed by atoms with Crippen LogP contribution in [0, 0.1) is 0 Å². The normalized spacial score (nSPS) is 12.3. The van der Waals surface area contributed by atoms with Gasteiger partial charge >= 0.3 is 0 Å². The maximum absolute atomic E-state index is 5.94.